The molecule has 1 heterocycles. The van der Waals surface area contributed by atoms with Gasteiger partial charge in [0.05, 0.1) is 6.42 Å². The Balaban J connectivity index is 0.000000225. The number of anilines is 2. The molecule has 49 heavy (non-hydrogen) atoms. The number of primary amides is 1. The van der Waals surface area contributed by atoms with E-state index in [4.69, 9.17) is 11.5 Å². The van der Waals surface area contributed by atoms with Crippen LogP contribution in [-0.4, -0.2) is 54.0 Å². The third-order valence-electron chi connectivity index (χ3n) is 7.31. The molecular formula is C35H31F3N4O7. The van der Waals surface area contributed by atoms with Crippen molar-refractivity contribution in [2.24, 2.45) is 11.5 Å². The van der Waals surface area contributed by atoms with Gasteiger partial charge < -0.3 is 26.2 Å². The van der Waals surface area contributed by atoms with Gasteiger partial charge in [-0.05, 0) is 71.6 Å². The van der Waals surface area contributed by atoms with E-state index in [9.17, 15) is 42.3 Å². The molecule has 1 aliphatic rings. The number of carbonyl (C=O) groups excluding carboxylic acids is 5. The number of phenolic OH excluding ortho intramolecular Hbond substituents is 1. The number of rotatable bonds is 8. The van der Waals surface area contributed by atoms with E-state index in [0.29, 0.717) is 17.7 Å². The van der Waals surface area contributed by atoms with Crippen LogP contribution in [0.5, 0.6) is 5.75 Å². The molecular weight excluding hydrogens is 645 g/mol. The number of esters is 2. The summed E-state index contributed by atoms with van der Waals surface area (Å²) in [6.45, 7) is -0.0967. The number of halogens is 3. The first-order valence-corrected chi connectivity index (χ1v) is 14.8. The van der Waals surface area contributed by atoms with Crippen LogP contribution in [0.4, 0.5) is 24.5 Å². The zero-order chi connectivity index (χ0) is 35.7. The van der Waals surface area contributed by atoms with Crippen LogP contribution in [0.15, 0.2) is 97.1 Å². The Hall–Kier alpha value is -6.02. The standard InChI is InChI=1S/C18H15F3N2O4.C17H16N2O3/c19-18(20,21)17(26)27-15(24)11-23(14-7-2-1-3-8-14)16(25)13-6-4-5-12(9-13)10-22;18-17(22)13-4-3-12-7-8-19(15(12)10-13)16(21)9-11-1-5-14(20)6-2-11/h1-9H,10-11,22H2;1-6,10,20H,7-9H2,(H2,18,22). The van der Waals surface area contributed by atoms with Crippen LogP contribution in [0, 0.1) is 0 Å². The molecule has 3 amide bonds. The van der Waals surface area contributed by atoms with Crippen molar-refractivity contribution < 1.29 is 47.0 Å². The average Bonchev–Trinajstić information content (AvgIpc) is 3.52. The summed E-state index contributed by atoms with van der Waals surface area (Å²) in [5.74, 6) is -5.17. The minimum absolute atomic E-state index is 0.0361. The van der Waals surface area contributed by atoms with E-state index >= 15 is 0 Å². The molecule has 254 valence electrons. The summed E-state index contributed by atoms with van der Waals surface area (Å²) in [4.78, 5) is 61.8. The number of ether oxygens (including phenoxy) is 1. The monoisotopic (exact) mass is 676 g/mol. The number of alkyl halides is 3. The lowest BCUT2D eigenvalue weighted by molar-refractivity contribution is -0.201. The number of fused-ring (bicyclic) bond motifs is 1. The van der Waals surface area contributed by atoms with Crippen LogP contribution in [-0.2, 0) is 38.5 Å². The van der Waals surface area contributed by atoms with Crippen LogP contribution in [0.3, 0.4) is 0 Å². The van der Waals surface area contributed by atoms with Crippen molar-refractivity contribution in [2.75, 3.05) is 22.9 Å². The topological polar surface area (TPSA) is 173 Å². The van der Waals surface area contributed by atoms with Gasteiger partial charge >= 0.3 is 18.1 Å². The van der Waals surface area contributed by atoms with Crippen molar-refractivity contribution in [1.29, 1.82) is 0 Å². The number of carbonyl (C=O) groups is 5. The summed E-state index contributed by atoms with van der Waals surface area (Å²) < 4.78 is 40.6. The van der Waals surface area contributed by atoms with Crippen molar-refractivity contribution >= 4 is 41.0 Å². The second kappa shape index (κ2) is 15.7. The highest BCUT2D eigenvalue weighted by Crippen LogP contribution is 2.30. The molecule has 0 radical (unpaired) electrons. The lowest BCUT2D eigenvalue weighted by Crippen LogP contribution is -2.39. The maximum atomic E-state index is 12.8. The summed E-state index contributed by atoms with van der Waals surface area (Å²) in [5, 5.41) is 9.28. The van der Waals surface area contributed by atoms with Gasteiger partial charge in [-0.25, -0.2) is 9.59 Å². The van der Waals surface area contributed by atoms with E-state index in [1.54, 1.807) is 71.6 Å². The molecule has 4 aromatic rings. The number of hydrogen-bond acceptors (Lipinski definition) is 8. The normalized spacial score (nSPS) is 11.9. The van der Waals surface area contributed by atoms with Gasteiger partial charge in [0.15, 0.2) is 0 Å². The van der Waals surface area contributed by atoms with Gasteiger partial charge in [-0.15, -0.1) is 0 Å². The molecule has 0 aliphatic carbocycles. The van der Waals surface area contributed by atoms with Gasteiger partial charge in [-0.3, -0.25) is 19.3 Å². The zero-order valence-corrected chi connectivity index (χ0v) is 25.9. The van der Waals surface area contributed by atoms with Gasteiger partial charge in [0, 0.05) is 35.6 Å². The second-order valence-corrected chi connectivity index (χ2v) is 10.7. The predicted molar refractivity (Wildman–Crippen MR) is 172 cm³/mol. The smallest absolute Gasteiger partial charge is 0.491 e. The Labute approximate surface area is 278 Å². The average molecular weight is 677 g/mol. The first-order chi connectivity index (χ1) is 23.3. The zero-order valence-electron chi connectivity index (χ0n) is 25.9. The molecule has 11 nitrogen and oxygen atoms in total. The highest BCUT2D eigenvalue weighted by molar-refractivity contribution is 6.09. The van der Waals surface area contributed by atoms with E-state index in [0.717, 1.165) is 28.1 Å². The highest BCUT2D eigenvalue weighted by atomic mass is 19.4. The van der Waals surface area contributed by atoms with Crippen molar-refractivity contribution in [3.63, 3.8) is 0 Å². The molecule has 5 rings (SSSR count). The third kappa shape index (κ3) is 9.51. The summed E-state index contributed by atoms with van der Waals surface area (Å²) in [6, 6.07) is 25.9. The van der Waals surface area contributed by atoms with Gasteiger partial charge in [0.2, 0.25) is 11.8 Å². The molecule has 14 heteroatoms. The van der Waals surface area contributed by atoms with E-state index < -0.39 is 36.5 Å². The molecule has 0 unspecified atom stereocenters. The quantitative estimate of drug-likeness (QED) is 0.185. The molecule has 0 fully saturated rings. The first kappa shape index (κ1) is 35.8. The minimum Gasteiger partial charge on any atom is -0.508 e. The summed E-state index contributed by atoms with van der Waals surface area (Å²) in [6.07, 6.45) is -4.29. The number of amides is 3. The number of hydrogen-bond donors (Lipinski definition) is 3. The number of benzene rings is 4. The number of nitrogens with zero attached hydrogens (tertiary/aromatic N) is 2. The van der Waals surface area contributed by atoms with Gasteiger partial charge in [-0.2, -0.15) is 13.2 Å². The van der Waals surface area contributed by atoms with E-state index in [2.05, 4.69) is 4.74 Å². The second-order valence-electron chi connectivity index (χ2n) is 10.7. The van der Waals surface area contributed by atoms with Crippen LogP contribution in [0.1, 0.15) is 37.4 Å². The summed E-state index contributed by atoms with van der Waals surface area (Å²) in [7, 11) is 0. The number of nitrogens with two attached hydrogens (primary N) is 2. The number of aromatic hydroxyl groups is 1. The van der Waals surface area contributed by atoms with Gasteiger partial charge in [0.1, 0.15) is 12.3 Å². The Kier molecular flexibility index (Phi) is 11.5. The van der Waals surface area contributed by atoms with E-state index in [-0.39, 0.29) is 35.9 Å². The Morgan fingerprint density at radius 3 is 2.16 bits per heavy atom. The molecule has 0 saturated carbocycles. The van der Waals surface area contributed by atoms with Gasteiger partial charge in [-0.1, -0.05) is 48.5 Å². The third-order valence-corrected chi connectivity index (χ3v) is 7.31. The van der Waals surface area contributed by atoms with Crippen LogP contribution in [0.25, 0.3) is 0 Å². The molecule has 5 N–H and O–H groups in total. The van der Waals surface area contributed by atoms with Crippen LogP contribution in [0.2, 0.25) is 0 Å². The maximum absolute atomic E-state index is 12.8. The Bertz CT molecular complexity index is 1850. The molecule has 1 aliphatic heterocycles. The Morgan fingerprint density at radius 2 is 1.53 bits per heavy atom. The molecule has 0 spiro atoms. The maximum Gasteiger partial charge on any atom is 0.491 e. The van der Waals surface area contributed by atoms with E-state index in [1.165, 1.54) is 24.3 Å². The van der Waals surface area contributed by atoms with Crippen molar-refractivity contribution in [3.8, 4) is 5.75 Å². The van der Waals surface area contributed by atoms with Crippen molar-refractivity contribution in [2.45, 2.75) is 25.6 Å². The van der Waals surface area contributed by atoms with Crippen molar-refractivity contribution in [3.05, 3.63) is 125 Å². The van der Waals surface area contributed by atoms with Crippen LogP contribution >= 0.6 is 0 Å². The minimum atomic E-state index is -5.31. The highest BCUT2D eigenvalue weighted by Gasteiger charge is 2.42. The van der Waals surface area contributed by atoms with Crippen LogP contribution < -0.4 is 21.3 Å². The number of phenols is 1. The Morgan fingerprint density at radius 1 is 0.837 bits per heavy atom. The van der Waals surface area contributed by atoms with Crippen molar-refractivity contribution in [1.82, 2.24) is 0 Å². The van der Waals surface area contributed by atoms with Gasteiger partial charge in [0.25, 0.3) is 5.91 Å². The SMILES string of the molecule is NC(=O)c1ccc2c(c1)N(C(=O)Cc1ccc(O)cc1)CC2.NCc1cccc(C(=O)N(CC(=O)OC(=O)C(F)(F)F)c2ccccc2)c1. The molecule has 0 bridgehead atoms. The summed E-state index contributed by atoms with van der Waals surface area (Å²) in [5.41, 5.74) is 15.0. The lowest BCUT2D eigenvalue weighted by Gasteiger charge is -2.22. The molecule has 0 atom stereocenters. The molecule has 4 aromatic carbocycles. The fraction of sp³-hybridized carbons (Fsp3) is 0.171. The molecule has 0 aromatic heterocycles. The first-order valence-electron chi connectivity index (χ1n) is 14.8. The predicted octanol–water partition coefficient (Wildman–Crippen LogP) is 4.05. The fourth-order valence-electron chi connectivity index (χ4n) is 4.87. The summed E-state index contributed by atoms with van der Waals surface area (Å²) >= 11 is 0. The fourth-order valence-corrected chi connectivity index (χ4v) is 4.87. The molecule has 0 saturated heterocycles. The lowest BCUT2D eigenvalue weighted by atomic mass is 10.1. The van der Waals surface area contributed by atoms with E-state index in [1.807, 2.05) is 6.07 Å². The number of para-hydroxylation sites is 1. The largest absolute Gasteiger partial charge is 0.508 e.